The van der Waals surface area contributed by atoms with Crippen LogP contribution in [0.15, 0.2) is 10.7 Å². The zero-order chi connectivity index (χ0) is 10.1. The van der Waals surface area contributed by atoms with E-state index in [-0.39, 0.29) is 10.5 Å². The molecule has 1 N–H and O–H groups in total. The average Bonchev–Trinajstić information content (AvgIpc) is 1.94. The first-order valence-corrected chi connectivity index (χ1v) is 4.39. The van der Waals surface area contributed by atoms with Crippen LogP contribution in [0.1, 0.15) is 5.82 Å². The van der Waals surface area contributed by atoms with Gasteiger partial charge in [0.1, 0.15) is 16.9 Å². The zero-order valence-electron chi connectivity index (χ0n) is 6.15. The number of alkyl halides is 3. The van der Waals surface area contributed by atoms with Crippen molar-refractivity contribution in [3.05, 3.63) is 21.1 Å². The van der Waals surface area contributed by atoms with Crippen molar-refractivity contribution in [2.24, 2.45) is 0 Å². The van der Waals surface area contributed by atoms with E-state index in [2.05, 4.69) is 25.9 Å². The standard InChI is InChI=1S/C6H4BrF3N2S/c7-3-2-11-4(12-5(3)13)1-6(8,9)10/h2H,1H2,(H,11,12,13). The molecular weight excluding hydrogens is 269 g/mol. The lowest BCUT2D eigenvalue weighted by Crippen LogP contribution is -2.14. The lowest BCUT2D eigenvalue weighted by Gasteiger charge is -2.04. The summed E-state index contributed by atoms with van der Waals surface area (Å²) in [5.74, 6) is -0.180. The van der Waals surface area contributed by atoms with Gasteiger partial charge in [0.2, 0.25) is 0 Å². The molecule has 0 aromatic carbocycles. The fraction of sp³-hybridized carbons (Fsp3) is 0.333. The van der Waals surface area contributed by atoms with Crippen LogP contribution in [0.25, 0.3) is 0 Å². The Hall–Kier alpha value is -0.430. The molecule has 1 aromatic heterocycles. The zero-order valence-corrected chi connectivity index (χ0v) is 8.55. The van der Waals surface area contributed by atoms with Gasteiger partial charge in [0, 0.05) is 6.20 Å². The molecule has 0 amide bonds. The fourth-order valence-corrected chi connectivity index (χ4v) is 1.07. The smallest absolute Gasteiger partial charge is 0.334 e. The first kappa shape index (κ1) is 10.6. The predicted molar refractivity (Wildman–Crippen MR) is 46.9 cm³/mol. The Labute approximate surface area is 85.3 Å². The van der Waals surface area contributed by atoms with Crippen molar-refractivity contribution in [1.82, 2.24) is 9.97 Å². The molecule has 0 fully saturated rings. The number of aromatic nitrogens is 2. The Morgan fingerprint density at radius 3 is 2.62 bits per heavy atom. The molecule has 0 aliphatic rings. The van der Waals surface area contributed by atoms with Gasteiger partial charge in [0.05, 0.1) is 4.47 Å². The number of nitrogens with zero attached hydrogens (tertiary/aromatic N) is 1. The quantitative estimate of drug-likeness (QED) is 0.797. The van der Waals surface area contributed by atoms with Crippen molar-refractivity contribution >= 4 is 28.1 Å². The summed E-state index contributed by atoms with van der Waals surface area (Å²) in [7, 11) is 0. The summed E-state index contributed by atoms with van der Waals surface area (Å²) in [6.45, 7) is 0. The van der Waals surface area contributed by atoms with Gasteiger partial charge in [-0.05, 0) is 15.9 Å². The van der Waals surface area contributed by atoms with Gasteiger partial charge in [-0.1, -0.05) is 12.2 Å². The van der Waals surface area contributed by atoms with Crippen molar-refractivity contribution < 1.29 is 13.2 Å². The normalized spacial score (nSPS) is 11.7. The molecule has 0 atom stereocenters. The van der Waals surface area contributed by atoms with Gasteiger partial charge in [0.25, 0.3) is 0 Å². The van der Waals surface area contributed by atoms with Crippen molar-refractivity contribution in [1.29, 1.82) is 0 Å². The topological polar surface area (TPSA) is 28.7 Å². The summed E-state index contributed by atoms with van der Waals surface area (Å²) in [5, 5.41) is 0. The summed E-state index contributed by atoms with van der Waals surface area (Å²) >= 11 is 7.75. The van der Waals surface area contributed by atoms with Crippen molar-refractivity contribution in [3.8, 4) is 0 Å². The summed E-state index contributed by atoms with van der Waals surface area (Å²) in [4.78, 5) is 5.90. The van der Waals surface area contributed by atoms with Crippen LogP contribution in [0.2, 0.25) is 0 Å². The summed E-state index contributed by atoms with van der Waals surface area (Å²) in [6, 6.07) is 0. The molecule has 1 heterocycles. The van der Waals surface area contributed by atoms with E-state index in [1.54, 1.807) is 0 Å². The molecule has 13 heavy (non-hydrogen) atoms. The lowest BCUT2D eigenvalue weighted by molar-refractivity contribution is -0.128. The Kier molecular flexibility index (Phi) is 3.07. The lowest BCUT2D eigenvalue weighted by atomic mass is 10.4. The molecule has 0 radical (unpaired) electrons. The first-order valence-electron chi connectivity index (χ1n) is 3.19. The minimum absolute atomic E-state index is 0.180. The number of nitrogens with one attached hydrogen (secondary N) is 1. The van der Waals surface area contributed by atoms with Gasteiger partial charge in [0.15, 0.2) is 0 Å². The molecule has 1 rings (SSSR count). The summed E-state index contributed by atoms with van der Waals surface area (Å²) in [5.41, 5.74) is 0. The summed E-state index contributed by atoms with van der Waals surface area (Å²) < 4.78 is 36.3. The second kappa shape index (κ2) is 3.75. The molecule has 7 heteroatoms. The Bertz CT molecular complexity index is 360. The maximum atomic E-state index is 11.9. The van der Waals surface area contributed by atoms with Crippen molar-refractivity contribution in [2.75, 3.05) is 0 Å². The van der Waals surface area contributed by atoms with Gasteiger partial charge >= 0.3 is 6.18 Å². The number of hydrogen-bond donors (Lipinski definition) is 1. The van der Waals surface area contributed by atoms with Crippen LogP contribution >= 0.6 is 28.1 Å². The molecule has 0 aliphatic carbocycles. The van der Waals surface area contributed by atoms with Crippen LogP contribution in [0.3, 0.4) is 0 Å². The maximum Gasteiger partial charge on any atom is 0.396 e. The number of H-pyrrole nitrogens is 1. The number of aromatic amines is 1. The van der Waals surface area contributed by atoms with Gasteiger partial charge in [-0.15, -0.1) is 0 Å². The third kappa shape index (κ3) is 3.43. The van der Waals surface area contributed by atoms with E-state index in [9.17, 15) is 13.2 Å². The number of halogens is 4. The maximum absolute atomic E-state index is 11.9. The van der Waals surface area contributed by atoms with Crippen LogP contribution in [-0.2, 0) is 6.42 Å². The third-order valence-corrected chi connectivity index (χ3v) is 2.36. The van der Waals surface area contributed by atoms with Crippen molar-refractivity contribution in [2.45, 2.75) is 12.6 Å². The minimum Gasteiger partial charge on any atom is -0.334 e. The highest BCUT2D eigenvalue weighted by molar-refractivity contribution is 9.10. The van der Waals surface area contributed by atoms with Crippen LogP contribution in [-0.4, -0.2) is 16.1 Å². The molecule has 1 aromatic rings. The Morgan fingerprint density at radius 2 is 2.15 bits per heavy atom. The molecule has 0 aliphatic heterocycles. The van der Waals surface area contributed by atoms with Gasteiger partial charge in [-0.2, -0.15) is 13.2 Å². The van der Waals surface area contributed by atoms with E-state index in [1.807, 2.05) is 0 Å². The van der Waals surface area contributed by atoms with E-state index < -0.39 is 12.6 Å². The molecule has 0 spiro atoms. The van der Waals surface area contributed by atoms with E-state index >= 15 is 0 Å². The molecular formula is C6H4BrF3N2S. The largest absolute Gasteiger partial charge is 0.396 e. The van der Waals surface area contributed by atoms with Crippen molar-refractivity contribution in [3.63, 3.8) is 0 Å². The van der Waals surface area contributed by atoms with Gasteiger partial charge < -0.3 is 4.98 Å². The fourth-order valence-electron chi connectivity index (χ4n) is 0.696. The molecule has 0 bridgehead atoms. The molecule has 2 nitrogen and oxygen atoms in total. The third-order valence-electron chi connectivity index (χ3n) is 1.18. The molecule has 0 saturated carbocycles. The number of rotatable bonds is 1. The Balaban J connectivity index is 2.93. The van der Waals surface area contributed by atoms with E-state index in [1.165, 1.54) is 6.20 Å². The van der Waals surface area contributed by atoms with E-state index in [4.69, 9.17) is 12.2 Å². The highest BCUT2D eigenvalue weighted by Gasteiger charge is 2.28. The van der Waals surface area contributed by atoms with E-state index in [0.29, 0.717) is 4.47 Å². The highest BCUT2D eigenvalue weighted by atomic mass is 79.9. The van der Waals surface area contributed by atoms with Crippen LogP contribution < -0.4 is 0 Å². The minimum atomic E-state index is -4.26. The Morgan fingerprint density at radius 1 is 1.54 bits per heavy atom. The molecule has 72 valence electrons. The predicted octanol–water partition coefficient (Wildman–Crippen LogP) is 3.01. The monoisotopic (exact) mass is 272 g/mol. The van der Waals surface area contributed by atoms with Crippen LogP contribution in [0.4, 0.5) is 13.2 Å². The summed E-state index contributed by atoms with van der Waals surface area (Å²) in [6.07, 6.45) is -4.11. The van der Waals surface area contributed by atoms with Gasteiger partial charge in [-0.3, -0.25) is 0 Å². The van der Waals surface area contributed by atoms with Crippen LogP contribution in [0.5, 0.6) is 0 Å². The number of hydrogen-bond acceptors (Lipinski definition) is 2. The second-order valence-electron chi connectivity index (χ2n) is 2.30. The van der Waals surface area contributed by atoms with Crippen LogP contribution in [0, 0.1) is 4.64 Å². The second-order valence-corrected chi connectivity index (χ2v) is 3.56. The first-order chi connectivity index (χ1) is 5.88. The molecule has 0 unspecified atom stereocenters. The SMILES string of the molecule is FC(F)(F)Cc1ncc(Br)c(=S)[nH]1. The van der Waals surface area contributed by atoms with E-state index in [0.717, 1.165) is 0 Å². The molecule has 0 saturated heterocycles. The van der Waals surface area contributed by atoms with Gasteiger partial charge in [-0.25, -0.2) is 4.98 Å². The highest BCUT2D eigenvalue weighted by Crippen LogP contribution is 2.19. The average molecular weight is 273 g/mol.